The highest BCUT2D eigenvalue weighted by atomic mass is 16.1. The summed E-state index contributed by atoms with van der Waals surface area (Å²) in [6.45, 7) is 8.18. The monoisotopic (exact) mass is 258 g/mol. The maximum atomic E-state index is 11.6. The summed E-state index contributed by atoms with van der Waals surface area (Å²) in [7, 11) is 0. The average Bonchev–Trinajstić information content (AvgIpc) is 2.37. The maximum absolute atomic E-state index is 11.6. The molecular weight excluding hydrogens is 236 g/mol. The molecule has 0 atom stereocenters. The van der Waals surface area contributed by atoms with E-state index >= 15 is 0 Å². The largest absolute Gasteiger partial charge is 0.396 e. The lowest BCUT2D eigenvalue weighted by Crippen LogP contribution is -2.17. The Morgan fingerprint density at radius 1 is 1.32 bits per heavy atom. The van der Waals surface area contributed by atoms with Crippen molar-refractivity contribution in [2.75, 3.05) is 0 Å². The van der Waals surface area contributed by atoms with Gasteiger partial charge in [-0.15, -0.1) is 0 Å². The van der Waals surface area contributed by atoms with Gasteiger partial charge in [0, 0.05) is 11.6 Å². The van der Waals surface area contributed by atoms with Crippen molar-refractivity contribution in [3.8, 4) is 0 Å². The molecule has 0 aliphatic carbocycles. The quantitative estimate of drug-likeness (QED) is 0.652. The summed E-state index contributed by atoms with van der Waals surface area (Å²) in [6.07, 6.45) is 1.65. The Balaban J connectivity index is 2.70. The number of aryl methyl sites for hydroxylation is 1. The summed E-state index contributed by atoms with van der Waals surface area (Å²) in [4.78, 5) is 16.1. The van der Waals surface area contributed by atoms with E-state index in [1.165, 1.54) is 5.56 Å². The van der Waals surface area contributed by atoms with Crippen LogP contribution in [0.4, 0.5) is 0 Å². The summed E-state index contributed by atoms with van der Waals surface area (Å²) < 4.78 is 0. The standard InChI is InChI=1S/C16H22N2O/c1-11(2)16(19)15(17)9-13(4)18-10-14-7-5-12(3)6-8-14/h5-9,11H,10,17H2,1-4H3. The lowest BCUT2D eigenvalue weighted by molar-refractivity contribution is -0.118. The molecule has 0 saturated carbocycles. The Labute approximate surface area is 115 Å². The van der Waals surface area contributed by atoms with Crippen LogP contribution in [0.3, 0.4) is 0 Å². The molecule has 0 bridgehead atoms. The number of nitrogens with two attached hydrogens (primary N) is 1. The lowest BCUT2D eigenvalue weighted by Gasteiger charge is -2.04. The first kappa shape index (κ1) is 15.2. The molecule has 1 aromatic rings. The van der Waals surface area contributed by atoms with Crippen LogP contribution in [0.5, 0.6) is 0 Å². The fourth-order valence-electron chi connectivity index (χ4n) is 1.58. The number of hydrogen-bond acceptors (Lipinski definition) is 3. The summed E-state index contributed by atoms with van der Waals surface area (Å²) in [5.74, 6) is -0.119. The fraction of sp³-hybridized carbons (Fsp3) is 0.375. The topological polar surface area (TPSA) is 55.5 Å². The molecular formula is C16H22N2O. The van der Waals surface area contributed by atoms with Gasteiger partial charge in [0.25, 0.3) is 0 Å². The Bertz CT molecular complexity index is 496. The third kappa shape index (κ3) is 5.08. The summed E-state index contributed by atoms with van der Waals surface area (Å²) in [5.41, 5.74) is 9.16. The zero-order chi connectivity index (χ0) is 14.4. The normalized spacial score (nSPS) is 12.9. The number of carbonyl (C=O) groups is 1. The van der Waals surface area contributed by atoms with Gasteiger partial charge in [-0.25, -0.2) is 0 Å². The van der Waals surface area contributed by atoms with Gasteiger partial charge in [-0.3, -0.25) is 9.79 Å². The number of rotatable bonds is 5. The highest BCUT2D eigenvalue weighted by Gasteiger charge is 2.09. The van der Waals surface area contributed by atoms with Gasteiger partial charge in [0.15, 0.2) is 5.78 Å². The van der Waals surface area contributed by atoms with Crippen molar-refractivity contribution in [2.45, 2.75) is 34.2 Å². The van der Waals surface area contributed by atoms with Crippen molar-refractivity contribution in [1.82, 2.24) is 0 Å². The van der Waals surface area contributed by atoms with Crippen molar-refractivity contribution in [3.63, 3.8) is 0 Å². The molecule has 102 valence electrons. The van der Waals surface area contributed by atoms with Gasteiger partial charge in [0.2, 0.25) is 0 Å². The van der Waals surface area contributed by atoms with Crippen molar-refractivity contribution < 1.29 is 4.79 Å². The highest BCUT2D eigenvalue weighted by molar-refractivity contribution is 6.03. The van der Waals surface area contributed by atoms with E-state index in [0.717, 1.165) is 11.3 Å². The number of Topliss-reactive ketones (excluding diaryl/α,β-unsaturated/α-hetero) is 1. The van der Waals surface area contributed by atoms with Crippen molar-refractivity contribution in [1.29, 1.82) is 0 Å². The summed E-state index contributed by atoms with van der Waals surface area (Å²) in [5, 5.41) is 0. The van der Waals surface area contributed by atoms with Gasteiger partial charge in [-0.2, -0.15) is 0 Å². The van der Waals surface area contributed by atoms with Crippen LogP contribution in [-0.4, -0.2) is 11.5 Å². The van der Waals surface area contributed by atoms with Crippen LogP contribution in [0.15, 0.2) is 41.0 Å². The van der Waals surface area contributed by atoms with Gasteiger partial charge < -0.3 is 5.73 Å². The molecule has 0 unspecified atom stereocenters. The third-order valence-electron chi connectivity index (χ3n) is 2.80. The van der Waals surface area contributed by atoms with E-state index in [2.05, 4.69) is 36.2 Å². The van der Waals surface area contributed by atoms with Crippen molar-refractivity contribution >= 4 is 11.5 Å². The average molecular weight is 258 g/mol. The molecule has 2 N–H and O–H groups in total. The van der Waals surface area contributed by atoms with Gasteiger partial charge in [-0.05, 0) is 25.5 Å². The van der Waals surface area contributed by atoms with E-state index in [-0.39, 0.29) is 17.4 Å². The van der Waals surface area contributed by atoms with Crippen LogP contribution >= 0.6 is 0 Å². The second-order valence-electron chi connectivity index (χ2n) is 5.06. The predicted octanol–water partition coefficient (Wildman–Crippen LogP) is 3.02. The van der Waals surface area contributed by atoms with E-state index < -0.39 is 0 Å². The minimum atomic E-state index is -0.0823. The molecule has 0 radical (unpaired) electrons. The maximum Gasteiger partial charge on any atom is 0.181 e. The first-order valence-electron chi connectivity index (χ1n) is 6.48. The molecule has 0 aromatic heterocycles. The van der Waals surface area contributed by atoms with E-state index in [4.69, 9.17) is 5.73 Å². The molecule has 1 aromatic carbocycles. The number of allylic oxidation sites excluding steroid dienone is 2. The van der Waals surface area contributed by atoms with Crippen LogP contribution in [0.2, 0.25) is 0 Å². The fourth-order valence-corrected chi connectivity index (χ4v) is 1.58. The van der Waals surface area contributed by atoms with Crippen molar-refractivity contribution in [2.24, 2.45) is 16.6 Å². The number of aliphatic imine (C=N–C) groups is 1. The first-order chi connectivity index (χ1) is 8.90. The Kier molecular flexibility index (Phi) is 5.49. The zero-order valence-corrected chi connectivity index (χ0v) is 12.1. The van der Waals surface area contributed by atoms with E-state index in [1.54, 1.807) is 6.08 Å². The van der Waals surface area contributed by atoms with E-state index in [9.17, 15) is 4.79 Å². The van der Waals surface area contributed by atoms with Crippen LogP contribution in [0.1, 0.15) is 31.9 Å². The van der Waals surface area contributed by atoms with Crippen LogP contribution < -0.4 is 5.73 Å². The summed E-state index contributed by atoms with van der Waals surface area (Å²) >= 11 is 0. The SMILES string of the molecule is CC(C=C(N)C(=O)C(C)C)=NCc1ccc(C)cc1. The van der Waals surface area contributed by atoms with Crippen LogP contribution in [0.25, 0.3) is 0 Å². The summed E-state index contributed by atoms with van der Waals surface area (Å²) in [6, 6.07) is 8.23. The van der Waals surface area contributed by atoms with Crippen molar-refractivity contribution in [3.05, 3.63) is 47.2 Å². The third-order valence-corrected chi connectivity index (χ3v) is 2.80. The number of ketones is 1. The molecule has 0 spiro atoms. The molecule has 3 heteroatoms. The van der Waals surface area contributed by atoms with Gasteiger partial charge >= 0.3 is 0 Å². The minimum Gasteiger partial charge on any atom is -0.396 e. The van der Waals surface area contributed by atoms with Crippen LogP contribution in [-0.2, 0) is 11.3 Å². The number of carbonyl (C=O) groups excluding carboxylic acids is 1. The number of nitrogens with zero attached hydrogens (tertiary/aromatic N) is 1. The molecule has 19 heavy (non-hydrogen) atoms. The molecule has 0 saturated heterocycles. The number of hydrogen-bond donors (Lipinski definition) is 1. The molecule has 0 fully saturated rings. The smallest absolute Gasteiger partial charge is 0.181 e. The van der Waals surface area contributed by atoms with Gasteiger partial charge in [0.1, 0.15) is 0 Å². The molecule has 0 aliphatic rings. The zero-order valence-electron chi connectivity index (χ0n) is 12.1. The molecule has 1 rings (SSSR count). The second-order valence-corrected chi connectivity index (χ2v) is 5.06. The van der Waals surface area contributed by atoms with Gasteiger partial charge in [-0.1, -0.05) is 43.7 Å². The second kappa shape index (κ2) is 6.88. The van der Waals surface area contributed by atoms with E-state index in [0.29, 0.717) is 6.54 Å². The first-order valence-corrected chi connectivity index (χ1v) is 6.48. The Hall–Kier alpha value is -1.90. The Morgan fingerprint density at radius 2 is 1.89 bits per heavy atom. The van der Waals surface area contributed by atoms with Crippen LogP contribution in [0, 0.1) is 12.8 Å². The highest BCUT2D eigenvalue weighted by Crippen LogP contribution is 2.05. The van der Waals surface area contributed by atoms with E-state index in [1.807, 2.05) is 20.8 Å². The molecule has 3 nitrogen and oxygen atoms in total. The molecule has 0 amide bonds. The molecule has 0 aliphatic heterocycles. The Morgan fingerprint density at radius 3 is 2.42 bits per heavy atom. The number of benzene rings is 1. The lowest BCUT2D eigenvalue weighted by atomic mass is 10.1. The predicted molar refractivity (Wildman–Crippen MR) is 80.1 cm³/mol. The van der Waals surface area contributed by atoms with Gasteiger partial charge in [0.05, 0.1) is 12.2 Å². The minimum absolute atomic E-state index is 0.0371. The molecule has 0 heterocycles.